The zero-order valence-electron chi connectivity index (χ0n) is 23.6. The molecule has 12 atom stereocenters. The molecule has 2 heterocycles. The van der Waals surface area contributed by atoms with E-state index in [0.29, 0.717) is 12.2 Å². The van der Waals surface area contributed by atoms with Crippen LogP contribution in [0.15, 0.2) is 0 Å². The van der Waals surface area contributed by atoms with Crippen molar-refractivity contribution in [1.29, 1.82) is 0 Å². The van der Waals surface area contributed by atoms with Crippen LogP contribution >= 0.6 is 11.8 Å². The molecule has 8 aliphatic rings. The summed E-state index contributed by atoms with van der Waals surface area (Å²) in [5.41, 5.74) is 0. The minimum atomic E-state index is 0.570. The van der Waals surface area contributed by atoms with E-state index >= 15 is 0 Å². The largest absolute Gasteiger partial charge is 0.372 e. The van der Waals surface area contributed by atoms with Gasteiger partial charge in [-0.25, -0.2) is 0 Å². The van der Waals surface area contributed by atoms with Gasteiger partial charge in [-0.05, 0) is 93.8 Å². The molecule has 0 radical (unpaired) electrons. The molecule has 0 spiro atoms. The molecule has 8 fully saturated rings. The smallest absolute Gasteiger partial charge is 0.0766 e. The Kier molecular flexibility index (Phi) is 7.16. The summed E-state index contributed by atoms with van der Waals surface area (Å²) in [5, 5.41) is 1.91. The standard InChI is InChI=1S/C34H55NOS/c1-2-12-23(13-3-1)35(28-17-8-11-22-10-4-5-14-24(22)28)29-18-9-16-25-26-20-21-31-32(34(26)36-33(25)29)27-15-6-7-19-30(27)37-31/h22-34H,1-21H2. The summed E-state index contributed by atoms with van der Waals surface area (Å²) in [5.74, 6) is 5.73. The van der Waals surface area contributed by atoms with Crippen molar-refractivity contribution in [2.24, 2.45) is 35.5 Å². The Balaban J connectivity index is 1.10. The summed E-state index contributed by atoms with van der Waals surface area (Å²) >= 11 is 2.44. The maximum absolute atomic E-state index is 7.59. The molecule has 2 aliphatic heterocycles. The van der Waals surface area contributed by atoms with Gasteiger partial charge in [0.25, 0.3) is 0 Å². The topological polar surface area (TPSA) is 12.5 Å². The van der Waals surface area contributed by atoms with Crippen LogP contribution in [0.5, 0.6) is 0 Å². The first-order valence-corrected chi connectivity index (χ1v) is 18.4. The molecule has 12 unspecified atom stereocenters. The van der Waals surface area contributed by atoms with E-state index in [2.05, 4.69) is 16.7 Å². The van der Waals surface area contributed by atoms with Gasteiger partial charge in [-0.1, -0.05) is 70.6 Å². The molecule has 6 saturated carbocycles. The van der Waals surface area contributed by atoms with Gasteiger partial charge in [0.15, 0.2) is 0 Å². The van der Waals surface area contributed by atoms with Gasteiger partial charge >= 0.3 is 0 Å². The number of fused-ring (bicyclic) bond motifs is 8. The molecule has 3 heteroatoms. The van der Waals surface area contributed by atoms with Gasteiger partial charge in [0.2, 0.25) is 0 Å². The number of rotatable bonds is 3. The number of nitrogens with zero attached hydrogens (tertiary/aromatic N) is 1. The van der Waals surface area contributed by atoms with Gasteiger partial charge in [-0.15, -0.1) is 0 Å². The van der Waals surface area contributed by atoms with Gasteiger partial charge in [-0.2, -0.15) is 11.8 Å². The van der Waals surface area contributed by atoms with Crippen molar-refractivity contribution in [1.82, 2.24) is 4.90 Å². The fraction of sp³-hybridized carbons (Fsp3) is 1.00. The van der Waals surface area contributed by atoms with Gasteiger partial charge in [0.05, 0.1) is 12.2 Å². The van der Waals surface area contributed by atoms with Gasteiger partial charge in [0.1, 0.15) is 0 Å². The Hall–Kier alpha value is 0.270. The fourth-order valence-electron chi connectivity index (χ4n) is 12.3. The summed E-state index contributed by atoms with van der Waals surface area (Å²) in [4.78, 5) is 3.29. The molecule has 6 aliphatic carbocycles. The second kappa shape index (κ2) is 10.6. The lowest BCUT2D eigenvalue weighted by Crippen LogP contribution is -2.60. The van der Waals surface area contributed by atoms with Crippen molar-refractivity contribution in [2.45, 2.75) is 176 Å². The Labute approximate surface area is 232 Å². The normalized spacial score (nSPS) is 52.1. The summed E-state index contributed by atoms with van der Waals surface area (Å²) in [6.07, 6.45) is 32.7. The number of ether oxygens (including phenoxy) is 1. The predicted molar refractivity (Wildman–Crippen MR) is 155 cm³/mol. The van der Waals surface area contributed by atoms with Crippen LogP contribution < -0.4 is 0 Å². The minimum Gasteiger partial charge on any atom is -0.372 e. The molecule has 0 aromatic carbocycles. The molecule has 0 aromatic rings. The minimum absolute atomic E-state index is 0.570. The fourth-order valence-corrected chi connectivity index (χ4v) is 14.3. The van der Waals surface area contributed by atoms with E-state index in [-0.39, 0.29) is 0 Å². The highest BCUT2D eigenvalue weighted by atomic mass is 32.2. The summed E-state index contributed by atoms with van der Waals surface area (Å²) in [6, 6.07) is 2.49. The summed E-state index contributed by atoms with van der Waals surface area (Å²) in [7, 11) is 0. The Bertz CT molecular complexity index is 795. The highest BCUT2D eigenvalue weighted by Gasteiger charge is 2.60. The van der Waals surface area contributed by atoms with Crippen LogP contribution in [0.4, 0.5) is 0 Å². The van der Waals surface area contributed by atoms with Gasteiger partial charge in [0, 0.05) is 34.5 Å². The van der Waals surface area contributed by atoms with E-state index < -0.39 is 0 Å². The van der Waals surface area contributed by atoms with Gasteiger partial charge < -0.3 is 4.74 Å². The number of hydrogen-bond acceptors (Lipinski definition) is 3. The van der Waals surface area contributed by atoms with Crippen LogP contribution in [-0.4, -0.2) is 45.7 Å². The molecule has 8 rings (SSSR count). The molecular formula is C34H55NOS. The van der Waals surface area contributed by atoms with E-state index in [0.717, 1.165) is 64.1 Å². The second-order valence-corrected chi connectivity index (χ2v) is 16.6. The van der Waals surface area contributed by atoms with Crippen LogP contribution in [0.2, 0.25) is 0 Å². The third kappa shape index (κ3) is 4.32. The van der Waals surface area contributed by atoms with E-state index in [1.165, 1.54) is 122 Å². The molecule has 208 valence electrons. The lowest BCUT2D eigenvalue weighted by atomic mass is 9.64. The second-order valence-electron chi connectivity index (χ2n) is 15.2. The summed E-state index contributed by atoms with van der Waals surface area (Å²) < 4.78 is 7.59. The zero-order valence-corrected chi connectivity index (χ0v) is 24.4. The first-order chi connectivity index (χ1) is 18.4. The highest BCUT2D eigenvalue weighted by molar-refractivity contribution is 8.00. The van der Waals surface area contributed by atoms with Crippen molar-refractivity contribution in [3.8, 4) is 0 Å². The van der Waals surface area contributed by atoms with Gasteiger partial charge in [-0.3, -0.25) is 4.90 Å². The molecule has 0 aromatic heterocycles. The highest BCUT2D eigenvalue weighted by Crippen LogP contribution is 2.61. The van der Waals surface area contributed by atoms with Crippen LogP contribution in [0.25, 0.3) is 0 Å². The van der Waals surface area contributed by atoms with Crippen molar-refractivity contribution in [3.05, 3.63) is 0 Å². The Morgan fingerprint density at radius 3 is 2.05 bits per heavy atom. The summed E-state index contributed by atoms with van der Waals surface area (Å²) in [6.45, 7) is 0. The molecule has 2 saturated heterocycles. The predicted octanol–water partition coefficient (Wildman–Crippen LogP) is 8.62. The van der Waals surface area contributed by atoms with Crippen molar-refractivity contribution < 1.29 is 4.74 Å². The maximum Gasteiger partial charge on any atom is 0.0766 e. The van der Waals surface area contributed by atoms with E-state index in [9.17, 15) is 0 Å². The monoisotopic (exact) mass is 525 g/mol. The van der Waals surface area contributed by atoms with Crippen LogP contribution in [0.1, 0.15) is 135 Å². The van der Waals surface area contributed by atoms with Crippen LogP contribution in [-0.2, 0) is 4.74 Å². The Morgan fingerprint density at radius 2 is 1.14 bits per heavy atom. The van der Waals surface area contributed by atoms with Crippen LogP contribution in [0, 0.1) is 35.5 Å². The van der Waals surface area contributed by atoms with Crippen LogP contribution in [0.3, 0.4) is 0 Å². The average molecular weight is 526 g/mol. The molecule has 0 bridgehead atoms. The van der Waals surface area contributed by atoms with Crippen molar-refractivity contribution in [3.63, 3.8) is 0 Å². The molecular weight excluding hydrogens is 470 g/mol. The Morgan fingerprint density at radius 1 is 0.459 bits per heavy atom. The first kappa shape index (κ1) is 25.0. The van der Waals surface area contributed by atoms with Crippen molar-refractivity contribution in [2.75, 3.05) is 0 Å². The SMILES string of the molecule is C1CCC(N(C2CCCC3CCCCC32)C2CCCC3C4CCC5SC6CCCCC6C5C4OC32)CC1. The molecule has 0 amide bonds. The van der Waals surface area contributed by atoms with E-state index in [4.69, 9.17) is 4.74 Å². The lowest BCUT2D eigenvalue weighted by molar-refractivity contribution is -0.108. The number of hydrogen-bond donors (Lipinski definition) is 0. The molecule has 2 nitrogen and oxygen atoms in total. The lowest BCUT2D eigenvalue weighted by Gasteiger charge is -2.54. The number of thioether (sulfide) groups is 1. The molecule has 0 N–H and O–H groups in total. The van der Waals surface area contributed by atoms with E-state index in [1.807, 2.05) is 0 Å². The third-order valence-corrected chi connectivity index (χ3v) is 15.4. The quantitative estimate of drug-likeness (QED) is 0.366. The molecule has 37 heavy (non-hydrogen) atoms. The zero-order chi connectivity index (χ0) is 24.3. The maximum atomic E-state index is 7.59. The van der Waals surface area contributed by atoms with Crippen molar-refractivity contribution >= 4 is 11.8 Å². The first-order valence-electron chi connectivity index (χ1n) is 17.4. The average Bonchev–Trinajstić information content (AvgIpc) is 3.53. The third-order valence-electron chi connectivity index (χ3n) is 13.6. The van der Waals surface area contributed by atoms with E-state index in [1.54, 1.807) is 12.8 Å².